The van der Waals surface area contributed by atoms with Crippen LogP contribution in [0.5, 0.6) is 5.75 Å². The van der Waals surface area contributed by atoms with E-state index in [0.717, 1.165) is 22.1 Å². The van der Waals surface area contributed by atoms with Crippen molar-refractivity contribution >= 4 is 23.4 Å². The van der Waals surface area contributed by atoms with Crippen LogP contribution in [0.25, 0.3) is 0 Å². The molecule has 0 aliphatic carbocycles. The Hall–Kier alpha value is -1.26. The number of thioether (sulfide) groups is 1. The highest BCUT2D eigenvalue weighted by Crippen LogP contribution is 2.39. The molecule has 1 aliphatic rings. The van der Waals surface area contributed by atoms with Crippen LogP contribution in [0.4, 0.5) is 0 Å². The summed E-state index contributed by atoms with van der Waals surface area (Å²) in [6, 6.07) is 9.74. The summed E-state index contributed by atoms with van der Waals surface area (Å²) in [6.07, 6.45) is -0.137. The smallest absolute Gasteiger partial charge is 0.171 e. The number of halogens is 1. The number of aryl methyl sites for hydroxylation is 1. The van der Waals surface area contributed by atoms with E-state index >= 15 is 0 Å². The fourth-order valence-corrected chi connectivity index (χ4v) is 3.07. The van der Waals surface area contributed by atoms with Crippen LogP contribution in [0.1, 0.15) is 17.6 Å². The zero-order valence-electron chi connectivity index (χ0n) is 9.76. The molecule has 1 aliphatic heterocycles. The first-order chi connectivity index (χ1) is 8.72. The molecule has 0 radical (unpaired) electrons. The molecule has 0 N–H and O–H groups in total. The van der Waals surface area contributed by atoms with Gasteiger partial charge < -0.3 is 4.74 Å². The van der Waals surface area contributed by atoms with E-state index in [4.69, 9.17) is 16.3 Å². The normalized spacial score (nSPS) is 18.0. The SMILES string of the molecule is Cc1cc(Cl)nc(C2CSc3ccccc3O2)n1. The van der Waals surface area contributed by atoms with Gasteiger partial charge in [-0.15, -0.1) is 11.8 Å². The second-order valence-electron chi connectivity index (χ2n) is 4.05. The number of nitrogens with zero attached hydrogens (tertiary/aromatic N) is 2. The maximum absolute atomic E-state index is 5.96. The Labute approximate surface area is 115 Å². The molecule has 0 saturated carbocycles. The molecule has 1 unspecified atom stereocenters. The van der Waals surface area contributed by atoms with Gasteiger partial charge in [0, 0.05) is 16.3 Å². The quantitative estimate of drug-likeness (QED) is 0.746. The number of rotatable bonds is 1. The van der Waals surface area contributed by atoms with Crippen molar-refractivity contribution in [2.24, 2.45) is 0 Å². The number of aromatic nitrogens is 2. The molecule has 2 aromatic rings. The second kappa shape index (κ2) is 4.78. The number of ether oxygens (including phenoxy) is 1. The van der Waals surface area contributed by atoms with Gasteiger partial charge in [0.15, 0.2) is 11.9 Å². The molecule has 1 atom stereocenters. The monoisotopic (exact) mass is 278 g/mol. The lowest BCUT2D eigenvalue weighted by molar-refractivity contribution is 0.210. The highest BCUT2D eigenvalue weighted by atomic mass is 35.5. The molecule has 0 bridgehead atoms. The van der Waals surface area contributed by atoms with Gasteiger partial charge in [-0.1, -0.05) is 23.7 Å². The zero-order valence-corrected chi connectivity index (χ0v) is 11.3. The molecule has 0 spiro atoms. The fraction of sp³-hybridized carbons (Fsp3) is 0.231. The summed E-state index contributed by atoms with van der Waals surface area (Å²) in [4.78, 5) is 9.80. The van der Waals surface area contributed by atoms with Gasteiger partial charge in [-0.2, -0.15) is 0 Å². The Kier molecular flexibility index (Phi) is 3.14. The van der Waals surface area contributed by atoms with Crippen molar-refractivity contribution in [2.45, 2.75) is 17.9 Å². The molecule has 2 heterocycles. The van der Waals surface area contributed by atoms with Crippen molar-refractivity contribution in [3.05, 3.63) is 47.0 Å². The topological polar surface area (TPSA) is 35.0 Å². The minimum absolute atomic E-state index is 0.137. The Morgan fingerprint density at radius 2 is 2.17 bits per heavy atom. The molecule has 18 heavy (non-hydrogen) atoms. The molecule has 5 heteroatoms. The summed E-state index contributed by atoms with van der Waals surface area (Å²) in [5.74, 6) is 2.35. The van der Waals surface area contributed by atoms with E-state index in [-0.39, 0.29) is 6.10 Å². The molecule has 0 fully saturated rings. The lowest BCUT2D eigenvalue weighted by Gasteiger charge is -2.24. The zero-order chi connectivity index (χ0) is 12.5. The van der Waals surface area contributed by atoms with Crippen LogP contribution >= 0.6 is 23.4 Å². The maximum Gasteiger partial charge on any atom is 0.171 e. The molecule has 0 amide bonds. The van der Waals surface area contributed by atoms with Crippen LogP contribution in [0.2, 0.25) is 5.15 Å². The summed E-state index contributed by atoms with van der Waals surface area (Å²) >= 11 is 7.71. The third kappa shape index (κ3) is 2.31. The summed E-state index contributed by atoms with van der Waals surface area (Å²) in [7, 11) is 0. The molecule has 1 aromatic carbocycles. The Balaban J connectivity index is 1.91. The van der Waals surface area contributed by atoms with Crippen LogP contribution in [0, 0.1) is 6.92 Å². The minimum Gasteiger partial charge on any atom is -0.480 e. The van der Waals surface area contributed by atoms with Gasteiger partial charge >= 0.3 is 0 Å². The number of hydrogen-bond acceptors (Lipinski definition) is 4. The first-order valence-electron chi connectivity index (χ1n) is 5.62. The van der Waals surface area contributed by atoms with Crippen LogP contribution in [0.15, 0.2) is 35.2 Å². The van der Waals surface area contributed by atoms with Crippen LogP contribution in [0.3, 0.4) is 0 Å². The Morgan fingerprint density at radius 3 is 3.00 bits per heavy atom. The van der Waals surface area contributed by atoms with Gasteiger partial charge in [-0.25, -0.2) is 9.97 Å². The predicted octanol–water partition coefficient (Wildman–Crippen LogP) is 3.66. The van der Waals surface area contributed by atoms with Gasteiger partial charge in [0.05, 0.1) is 0 Å². The van der Waals surface area contributed by atoms with Crippen molar-refractivity contribution in [1.82, 2.24) is 9.97 Å². The highest BCUT2D eigenvalue weighted by Gasteiger charge is 2.24. The average Bonchev–Trinajstić information content (AvgIpc) is 2.37. The van der Waals surface area contributed by atoms with Crippen molar-refractivity contribution < 1.29 is 4.74 Å². The third-order valence-corrected chi connectivity index (χ3v) is 3.95. The molecule has 0 saturated heterocycles. The van der Waals surface area contributed by atoms with Gasteiger partial charge in [0.1, 0.15) is 10.9 Å². The average molecular weight is 279 g/mol. The number of fused-ring (bicyclic) bond motifs is 1. The molecule has 1 aromatic heterocycles. The van der Waals surface area contributed by atoms with Crippen molar-refractivity contribution in [2.75, 3.05) is 5.75 Å². The van der Waals surface area contributed by atoms with Crippen molar-refractivity contribution in [3.8, 4) is 5.75 Å². The van der Waals surface area contributed by atoms with Crippen molar-refractivity contribution in [1.29, 1.82) is 0 Å². The number of hydrogen-bond donors (Lipinski definition) is 0. The lowest BCUT2D eigenvalue weighted by Crippen LogP contribution is -2.18. The van der Waals surface area contributed by atoms with Gasteiger partial charge in [-0.05, 0) is 25.1 Å². The Morgan fingerprint density at radius 1 is 1.33 bits per heavy atom. The van der Waals surface area contributed by atoms with E-state index in [1.165, 1.54) is 0 Å². The molecule has 3 nitrogen and oxygen atoms in total. The molecule has 92 valence electrons. The third-order valence-electron chi connectivity index (χ3n) is 2.64. The Bertz CT molecular complexity index is 571. The first-order valence-corrected chi connectivity index (χ1v) is 6.98. The largest absolute Gasteiger partial charge is 0.480 e. The predicted molar refractivity (Wildman–Crippen MR) is 72.3 cm³/mol. The van der Waals surface area contributed by atoms with Crippen LogP contribution in [-0.4, -0.2) is 15.7 Å². The maximum atomic E-state index is 5.96. The van der Waals surface area contributed by atoms with Crippen LogP contribution in [-0.2, 0) is 0 Å². The van der Waals surface area contributed by atoms with Gasteiger partial charge in [-0.3, -0.25) is 0 Å². The minimum atomic E-state index is -0.137. The van der Waals surface area contributed by atoms with Crippen LogP contribution < -0.4 is 4.74 Å². The van der Waals surface area contributed by atoms with Crippen molar-refractivity contribution in [3.63, 3.8) is 0 Å². The van der Waals surface area contributed by atoms with E-state index in [2.05, 4.69) is 16.0 Å². The first kappa shape index (κ1) is 11.8. The molecule has 3 rings (SSSR count). The van der Waals surface area contributed by atoms with E-state index < -0.39 is 0 Å². The number of benzene rings is 1. The van der Waals surface area contributed by atoms with E-state index in [1.54, 1.807) is 17.8 Å². The summed E-state index contributed by atoms with van der Waals surface area (Å²) in [6.45, 7) is 1.90. The standard InChI is InChI=1S/C13H11ClN2OS/c1-8-6-12(14)16-13(15-8)10-7-18-11-5-3-2-4-9(11)17-10/h2-6,10H,7H2,1H3. The lowest BCUT2D eigenvalue weighted by atomic mass is 10.3. The van der Waals surface area contributed by atoms with E-state index in [9.17, 15) is 0 Å². The highest BCUT2D eigenvalue weighted by molar-refractivity contribution is 7.99. The molecular weight excluding hydrogens is 268 g/mol. The van der Waals surface area contributed by atoms with Gasteiger partial charge in [0.25, 0.3) is 0 Å². The molecular formula is C13H11ClN2OS. The summed E-state index contributed by atoms with van der Waals surface area (Å²) in [5.41, 5.74) is 0.859. The fourth-order valence-electron chi connectivity index (χ4n) is 1.84. The van der Waals surface area contributed by atoms with Gasteiger partial charge in [0.2, 0.25) is 0 Å². The van der Waals surface area contributed by atoms with E-state index in [1.807, 2.05) is 25.1 Å². The van der Waals surface area contributed by atoms with E-state index in [0.29, 0.717) is 11.0 Å². The summed E-state index contributed by atoms with van der Waals surface area (Å²) in [5, 5.41) is 0.463. The summed E-state index contributed by atoms with van der Waals surface area (Å²) < 4.78 is 5.92. The number of para-hydroxylation sites is 1. The second-order valence-corrected chi connectivity index (χ2v) is 5.50.